The first kappa shape index (κ1) is 23.2. The van der Waals surface area contributed by atoms with E-state index >= 15 is 0 Å². The summed E-state index contributed by atoms with van der Waals surface area (Å²) in [5, 5.41) is 33.3. The molecule has 0 radical (unpaired) electrons. The Bertz CT molecular complexity index is 1100. The Labute approximate surface area is 199 Å². The first-order valence-corrected chi connectivity index (χ1v) is 10.7. The van der Waals surface area contributed by atoms with E-state index in [1.807, 2.05) is 0 Å². The summed E-state index contributed by atoms with van der Waals surface area (Å²) in [6.07, 6.45) is 2.49. The quantitative estimate of drug-likeness (QED) is 0.248. The molecular weight excluding hydrogens is 612 g/mol. The van der Waals surface area contributed by atoms with E-state index < -0.39 is 29.0 Å². The van der Waals surface area contributed by atoms with Gasteiger partial charge in [-0.15, -0.1) is 0 Å². The van der Waals surface area contributed by atoms with Crippen molar-refractivity contribution in [1.82, 2.24) is 0 Å². The van der Waals surface area contributed by atoms with Crippen LogP contribution in [0, 0.1) is 0 Å². The Balaban J connectivity index is 1.90. The highest BCUT2D eigenvalue weighted by molar-refractivity contribution is 9.12. The second-order valence-electron chi connectivity index (χ2n) is 6.42. The standard InChI is InChI=1S/C18H11Br3N2O8/c19-8-1-7(3-11(22-29)16(25)26)2-9(20)15(8)30-13-6-18(4-10(21)14(13)24)5-12(17(27)28)23-31-18/h1-2,4,6,29H,3,5H2,(H,25,26)(H,27,28)/b22-11+. The molecule has 0 amide bonds. The largest absolute Gasteiger partial charge is 0.477 e. The van der Waals surface area contributed by atoms with E-state index in [0.717, 1.165) is 0 Å². The molecule has 1 aromatic rings. The number of carboxylic acid groups (broad SMARTS) is 2. The van der Waals surface area contributed by atoms with Crippen molar-refractivity contribution in [3.8, 4) is 5.75 Å². The fourth-order valence-corrected chi connectivity index (χ4v) is 4.83. The van der Waals surface area contributed by atoms with E-state index in [9.17, 15) is 14.4 Å². The van der Waals surface area contributed by atoms with Crippen LogP contribution in [0.5, 0.6) is 5.75 Å². The minimum atomic E-state index is -1.37. The summed E-state index contributed by atoms with van der Waals surface area (Å²) in [5.74, 6) is -3.03. The van der Waals surface area contributed by atoms with Gasteiger partial charge in [-0.05, 0) is 71.6 Å². The molecule has 13 heteroatoms. The fourth-order valence-electron chi connectivity index (χ4n) is 2.81. The van der Waals surface area contributed by atoms with Gasteiger partial charge in [-0.2, -0.15) is 0 Å². The average molecular weight is 623 g/mol. The van der Waals surface area contributed by atoms with Crippen molar-refractivity contribution >= 4 is 76.9 Å². The first-order valence-electron chi connectivity index (χ1n) is 8.29. The zero-order chi connectivity index (χ0) is 22.9. The van der Waals surface area contributed by atoms with Crippen LogP contribution in [0.2, 0.25) is 0 Å². The molecule has 0 bridgehead atoms. The minimum Gasteiger partial charge on any atom is -0.477 e. The number of oxime groups is 2. The molecule has 0 saturated heterocycles. The first-order chi connectivity index (χ1) is 14.5. The predicted octanol–water partition coefficient (Wildman–Crippen LogP) is 3.39. The maximum Gasteiger partial charge on any atom is 0.354 e. The van der Waals surface area contributed by atoms with Crippen LogP contribution in [0.25, 0.3) is 0 Å². The number of aliphatic carboxylic acids is 2. The summed E-state index contributed by atoms with van der Waals surface area (Å²) in [6.45, 7) is 0. The molecule has 1 aliphatic carbocycles. The van der Waals surface area contributed by atoms with Crippen molar-refractivity contribution in [3.05, 3.63) is 49.0 Å². The molecule has 0 saturated carbocycles. The van der Waals surface area contributed by atoms with E-state index in [1.165, 1.54) is 12.2 Å². The van der Waals surface area contributed by atoms with Gasteiger partial charge in [0.05, 0.1) is 19.8 Å². The number of Topliss-reactive ketones (excluding diaryl/α,β-unsaturated/α-hetero) is 1. The second kappa shape index (κ2) is 8.93. The van der Waals surface area contributed by atoms with E-state index in [0.29, 0.717) is 14.5 Å². The number of ether oxygens (including phenoxy) is 1. The molecule has 1 spiro atoms. The van der Waals surface area contributed by atoms with Crippen LogP contribution in [0.1, 0.15) is 12.0 Å². The van der Waals surface area contributed by atoms with Gasteiger partial charge in [0.1, 0.15) is 0 Å². The van der Waals surface area contributed by atoms with Gasteiger partial charge in [0, 0.05) is 12.5 Å². The van der Waals surface area contributed by atoms with Gasteiger partial charge in [-0.25, -0.2) is 9.59 Å². The number of hydrogen-bond donors (Lipinski definition) is 3. The average Bonchev–Trinajstić information content (AvgIpc) is 3.10. The van der Waals surface area contributed by atoms with Gasteiger partial charge in [-0.3, -0.25) is 4.79 Å². The topological polar surface area (TPSA) is 155 Å². The maximum absolute atomic E-state index is 12.6. The number of allylic oxidation sites excluding steroid dienone is 1. The van der Waals surface area contributed by atoms with Crippen molar-refractivity contribution in [3.63, 3.8) is 0 Å². The third-order valence-electron chi connectivity index (χ3n) is 4.21. The normalized spacial score (nSPS) is 20.7. The molecule has 1 heterocycles. The number of hydrogen-bond acceptors (Lipinski definition) is 8. The van der Waals surface area contributed by atoms with Crippen LogP contribution >= 0.6 is 47.8 Å². The number of carbonyl (C=O) groups excluding carboxylic acids is 1. The lowest BCUT2D eigenvalue weighted by atomic mass is 9.91. The summed E-state index contributed by atoms with van der Waals surface area (Å²) in [6, 6.07) is 3.08. The van der Waals surface area contributed by atoms with Gasteiger partial charge in [0.2, 0.25) is 5.78 Å². The highest BCUT2D eigenvalue weighted by Crippen LogP contribution is 2.40. The highest BCUT2D eigenvalue weighted by Gasteiger charge is 2.43. The summed E-state index contributed by atoms with van der Waals surface area (Å²) in [7, 11) is 0. The van der Waals surface area contributed by atoms with Crippen LogP contribution in [0.4, 0.5) is 0 Å². The molecular formula is C18H11Br3N2O8. The van der Waals surface area contributed by atoms with Crippen molar-refractivity contribution in [2.24, 2.45) is 10.3 Å². The summed E-state index contributed by atoms with van der Waals surface area (Å²) < 4.78 is 6.66. The molecule has 0 fully saturated rings. The molecule has 3 N–H and O–H groups in total. The van der Waals surface area contributed by atoms with E-state index in [1.54, 1.807) is 12.1 Å². The van der Waals surface area contributed by atoms with Crippen molar-refractivity contribution in [1.29, 1.82) is 0 Å². The third-order valence-corrected chi connectivity index (χ3v) is 5.98. The van der Waals surface area contributed by atoms with Gasteiger partial charge < -0.3 is 25.0 Å². The summed E-state index contributed by atoms with van der Waals surface area (Å²) in [4.78, 5) is 40.1. The highest BCUT2D eigenvalue weighted by atomic mass is 79.9. The molecule has 10 nitrogen and oxygen atoms in total. The Morgan fingerprint density at radius 3 is 2.35 bits per heavy atom. The molecule has 0 aromatic heterocycles. The molecule has 1 aliphatic heterocycles. The Hall–Kier alpha value is -2.51. The fraction of sp³-hybridized carbons (Fsp3) is 0.167. The lowest BCUT2D eigenvalue weighted by Gasteiger charge is -2.25. The number of benzene rings is 1. The van der Waals surface area contributed by atoms with Crippen LogP contribution in [0.15, 0.2) is 53.8 Å². The zero-order valence-electron chi connectivity index (χ0n) is 15.1. The molecule has 1 atom stereocenters. The smallest absolute Gasteiger partial charge is 0.354 e. The minimum absolute atomic E-state index is 0.0999. The SMILES string of the molecule is O=C(O)C1=NOC2(C=C(Br)C(=O)C(Oc3c(Br)cc(C/C(=N\O)C(=O)O)cc3Br)=C2)C1. The Morgan fingerprint density at radius 2 is 1.84 bits per heavy atom. The lowest BCUT2D eigenvalue weighted by molar-refractivity contribution is -0.130. The Morgan fingerprint density at radius 1 is 1.19 bits per heavy atom. The van der Waals surface area contributed by atoms with Gasteiger partial charge in [-0.1, -0.05) is 10.3 Å². The number of nitrogens with zero attached hydrogens (tertiary/aromatic N) is 2. The maximum atomic E-state index is 12.6. The number of ketones is 1. The van der Waals surface area contributed by atoms with E-state index in [4.69, 9.17) is 25.0 Å². The van der Waals surface area contributed by atoms with E-state index in [-0.39, 0.29) is 34.5 Å². The van der Waals surface area contributed by atoms with Crippen molar-refractivity contribution in [2.75, 3.05) is 0 Å². The van der Waals surface area contributed by atoms with Crippen LogP contribution in [-0.2, 0) is 25.6 Å². The zero-order valence-corrected chi connectivity index (χ0v) is 19.9. The van der Waals surface area contributed by atoms with Gasteiger partial charge in [0.25, 0.3) is 0 Å². The molecule has 162 valence electrons. The van der Waals surface area contributed by atoms with Crippen molar-refractivity contribution < 1.29 is 39.4 Å². The van der Waals surface area contributed by atoms with Gasteiger partial charge in [0.15, 0.2) is 28.5 Å². The van der Waals surface area contributed by atoms with Crippen LogP contribution in [0.3, 0.4) is 0 Å². The Kier molecular flexibility index (Phi) is 6.67. The molecule has 3 rings (SSSR count). The number of halogens is 3. The number of carboxylic acids is 2. The van der Waals surface area contributed by atoms with Crippen molar-refractivity contribution in [2.45, 2.75) is 18.4 Å². The number of rotatable bonds is 6. The molecule has 31 heavy (non-hydrogen) atoms. The second-order valence-corrected chi connectivity index (χ2v) is 8.98. The monoisotopic (exact) mass is 620 g/mol. The molecule has 2 aliphatic rings. The summed E-state index contributed by atoms with van der Waals surface area (Å²) in [5.41, 5.74) is -1.46. The van der Waals surface area contributed by atoms with Crippen LogP contribution in [-0.4, -0.2) is 50.2 Å². The molecule has 1 unspecified atom stereocenters. The molecule has 1 aromatic carbocycles. The third kappa shape index (κ3) is 4.88. The predicted molar refractivity (Wildman–Crippen MR) is 117 cm³/mol. The van der Waals surface area contributed by atoms with E-state index in [2.05, 4.69) is 58.1 Å². The van der Waals surface area contributed by atoms with Crippen LogP contribution < -0.4 is 4.74 Å². The van der Waals surface area contributed by atoms with Gasteiger partial charge >= 0.3 is 11.9 Å². The number of carbonyl (C=O) groups is 3. The lowest BCUT2D eigenvalue weighted by Crippen LogP contribution is -2.32. The summed E-state index contributed by atoms with van der Waals surface area (Å²) >= 11 is 9.77.